The summed E-state index contributed by atoms with van der Waals surface area (Å²) in [5.41, 5.74) is 1.56. The van der Waals surface area contributed by atoms with Gasteiger partial charge in [0.2, 0.25) is 0 Å². The van der Waals surface area contributed by atoms with Gasteiger partial charge in [-0.15, -0.1) is 5.10 Å². The van der Waals surface area contributed by atoms with Crippen LogP contribution >= 0.6 is 23.1 Å². The van der Waals surface area contributed by atoms with Gasteiger partial charge >= 0.3 is 0 Å². The van der Waals surface area contributed by atoms with Gasteiger partial charge in [0.05, 0.1) is 15.6 Å². The van der Waals surface area contributed by atoms with Gasteiger partial charge in [0, 0.05) is 6.04 Å². The first-order valence-electron chi connectivity index (χ1n) is 6.08. The molecule has 6 heteroatoms. The molecular formula is C13H15ClFN3S. The fourth-order valence-electron chi connectivity index (χ4n) is 1.98. The number of benzene rings is 1. The molecule has 0 saturated heterocycles. The van der Waals surface area contributed by atoms with E-state index in [0.717, 1.165) is 17.0 Å². The summed E-state index contributed by atoms with van der Waals surface area (Å²) in [6, 6.07) is 5.08. The van der Waals surface area contributed by atoms with Crippen LogP contribution in [0.3, 0.4) is 0 Å². The third-order valence-electron chi connectivity index (χ3n) is 3.04. The van der Waals surface area contributed by atoms with Gasteiger partial charge in [-0.1, -0.05) is 35.1 Å². The van der Waals surface area contributed by atoms with Gasteiger partial charge in [-0.3, -0.25) is 0 Å². The topological polar surface area (TPSA) is 37.8 Å². The number of rotatable bonds is 5. The van der Waals surface area contributed by atoms with Gasteiger partial charge in [0.1, 0.15) is 5.82 Å². The van der Waals surface area contributed by atoms with Gasteiger partial charge in [0.25, 0.3) is 0 Å². The van der Waals surface area contributed by atoms with Crippen molar-refractivity contribution in [1.82, 2.24) is 14.9 Å². The number of hydrogen-bond donors (Lipinski definition) is 1. The van der Waals surface area contributed by atoms with Gasteiger partial charge < -0.3 is 5.32 Å². The minimum Gasteiger partial charge on any atom is -0.312 e. The lowest BCUT2D eigenvalue weighted by atomic mass is 10.0. The van der Waals surface area contributed by atoms with Gasteiger partial charge in [-0.05, 0) is 43.1 Å². The zero-order valence-corrected chi connectivity index (χ0v) is 12.4. The van der Waals surface area contributed by atoms with Crippen LogP contribution in [0.5, 0.6) is 0 Å². The molecule has 0 bridgehead atoms. The Morgan fingerprint density at radius 1 is 1.47 bits per heavy atom. The van der Waals surface area contributed by atoms with Crippen LogP contribution in [0.1, 0.15) is 29.1 Å². The summed E-state index contributed by atoms with van der Waals surface area (Å²) in [7, 11) is 1.85. The van der Waals surface area contributed by atoms with E-state index in [-0.39, 0.29) is 16.9 Å². The van der Waals surface area contributed by atoms with E-state index in [2.05, 4.69) is 14.9 Å². The van der Waals surface area contributed by atoms with Crippen LogP contribution in [0.25, 0.3) is 0 Å². The lowest BCUT2D eigenvalue weighted by Gasteiger charge is -2.16. The molecule has 3 nitrogen and oxygen atoms in total. The maximum atomic E-state index is 13.9. The zero-order chi connectivity index (χ0) is 13.8. The van der Waals surface area contributed by atoms with E-state index < -0.39 is 0 Å². The summed E-state index contributed by atoms with van der Waals surface area (Å²) in [6.07, 6.45) is 1.35. The average molecular weight is 300 g/mol. The summed E-state index contributed by atoms with van der Waals surface area (Å²) in [6.45, 7) is 2.03. The minimum atomic E-state index is -0.347. The summed E-state index contributed by atoms with van der Waals surface area (Å²) in [4.78, 5) is 1.06. The lowest BCUT2D eigenvalue weighted by molar-refractivity contribution is 0.556. The van der Waals surface area contributed by atoms with Crippen molar-refractivity contribution in [1.29, 1.82) is 0 Å². The maximum Gasteiger partial charge on any atom is 0.145 e. The smallest absolute Gasteiger partial charge is 0.145 e. The second-order valence-corrected chi connectivity index (χ2v) is 5.39. The molecule has 0 fully saturated rings. The number of hydrogen-bond acceptors (Lipinski definition) is 4. The molecule has 19 heavy (non-hydrogen) atoms. The molecule has 0 spiro atoms. The fourth-order valence-corrected chi connectivity index (χ4v) is 3.02. The van der Waals surface area contributed by atoms with Crippen molar-refractivity contribution in [3.63, 3.8) is 0 Å². The molecule has 2 aromatic rings. The van der Waals surface area contributed by atoms with Crippen LogP contribution in [0, 0.1) is 5.82 Å². The molecule has 0 amide bonds. The van der Waals surface area contributed by atoms with Crippen LogP contribution < -0.4 is 5.32 Å². The Hall–Kier alpha value is -1.04. The quantitative estimate of drug-likeness (QED) is 0.919. The Kier molecular flexibility index (Phi) is 4.85. The molecule has 0 saturated carbocycles. The second kappa shape index (κ2) is 6.41. The lowest BCUT2D eigenvalue weighted by Crippen LogP contribution is -2.19. The van der Waals surface area contributed by atoms with Crippen molar-refractivity contribution in [2.24, 2.45) is 0 Å². The first-order valence-corrected chi connectivity index (χ1v) is 7.23. The molecule has 102 valence electrons. The summed E-state index contributed by atoms with van der Waals surface area (Å²) in [5, 5.41) is 7.45. The summed E-state index contributed by atoms with van der Waals surface area (Å²) in [5.74, 6) is -0.347. The van der Waals surface area contributed by atoms with Crippen LogP contribution in [0.2, 0.25) is 5.02 Å². The molecule has 0 aliphatic rings. The standard InChI is InChI=1S/C13H15ClFN3S/c1-3-10-13(19-18-17-10)11(16-2)7-8-5-4-6-9(14)12(8)15/h4-6,11,16H,3,7H2,1-2H3. The molecule has 1 atom stereocenters. The second-order valence-electron chi connectivity index (χ2n) is 4.20. The molecular weight excluding hydrogens is 285 g/mol. The van der Waals surface area contributed by atoms with Crippen LogP contribution in [0.4, 0.5) is 4.39 Å². The number of likely N-dealkylation sites (N-methyl/N-ethyl adjacent to an activating group) is 1. The highest BCUT2D eigenvalue weighted by Crippen LogP contribution is 2.27. The third kappa shape index (κ3) is 3.11. The highest BCUT2D eigenvalue weighted by atomic mass is 35.5. The number of nitrogens with one attached hydrogen (secondary N) is 1. The Morgan fingerprint density at radius 2 is 2.26 bits per heavy atom. The molecule has 1 heterocycles. The van der Waals surface area contributed by atoms with E-state index in [9.17, 15) is 4.39 Å². The molecule has 2 rings (SSSR count). The normalized spacial score (nSPS) is 12.6. The molecule has 0 radical (unpaired) electrons. The Balaban J connectivity index is 2.27. The van der Waals surface area contributed by atoms with Gasteiger partial charge in [0.15, 0.2) is 0 Å². The Bertz CT molecular complexity index is 559. The third-order valence-corrected chi connectivity index (χ3v) is 4.21. The SMILES string of the molecule is CCc1nnsc1C(Cc1cccc(Cl)c1F)NC. The predicted molar refractivity (Wildman–Crippen MR) is 76.2 cm³/mol. The zero-order valence-electron chi connectivity index (χ0n) is 10.8. The Morgan fingerprint density at radius 3 is 2.95 bits per heavy atom. The summed E-state index contributed by atoms with van der Waals surface area (Å²) >= 11 is 7.16. The molecule has 1 unspecified atom stereocenters. The monoisotopic (exact) mass is 299 g/mol. The summed E-state index contributed by atoms with van der Waals surface area (Å²) < 4.78 is 17.9. The fraction of sp³-hybridized carbons (Fsp3) is 0.385. The van der Waals surface area contributed by atoms with Crippen molar-refractivity contribution >= 4 is 23.1 Å². The number of aryl methyl sites for hydroxylation is 1. The largest absolute Gasteiger partial charge is 0.312 e. The highest BCUT2D eigenvalue weighted by molar-refractivity contribution is 7.05. The maximum absolute atomic E-state index is 13.9. The molecule has 1 aromatic heterocycles. The molecule has 0 aliphatic heterocycles. The number of aromatic nitrogens is 2. The van der Waals surface area contributed by atoms with Crippen molar-refractivity contribution < 1.29 is 4.39 Å². The molecule has 1 N–H and O–H groups in total. The van der Waals surface area contributed by atoms with E-state index in [4.69, 9.17) is 11.6 Å². The van der Waals surface area contributed by atoms with Crippen LogP contribution in [-0.2, 0) is 12.8 Å². The highest BCUT2D eigenvalue weighted by Gasteiger charge is 2.19. The average Bonchev–Trinajstić information content (AvgIpc) is 2.88. The van der Waals surface area contributed by atoms with E-state index >= 15 is 0 Å². The van der Waals surface area contributed by atoms with Crippen molar-refractivity contribution in [3.05, 3.63) is 45.2 Å². The number of nitrogens with zero attached hydrogens (tertiary/aromatic N) is 2. The first-order chi connectivity index (χ1) is 9.17. The van der Waals surface area contributed by atoms with E-state index in [0.29, 0.717) is 12.0 Å². The molecule has 0 aliphatic carbocycles. The van der Waals surface area contributed by atoms with Gasteiger partial charge in [-0.2, -0.15) is 0 Å². The van der Waals surface area contributed by atoms with Crippen molar-refractivity contribution in [2.45, 2.75) is 25.8 Å². The van der Waals surface area contributed by atoms with Gasteiger partial charge in [-0.25, -0.2) is 4.39 Å². The van der Waals surface area contributed by atoms with Crippen LogP contribution in [0.15, 0.2) is 18.2 Å². The first kappa shape index (κ1) is 14.4. The van der Waals surface area contributed by atoms with Crippen molar-refractivity contribution in [3.8, 4) is 0 Å². The van der Waals surface area contributed by atoms with Crippen molar-refractivity contribution in [2.75, 3.05) is 7.05 Å². The predicted octanol–water partition coefficient (Wildman–Crippen LogP) is 3.40. The molecule has 1 aromatic carbocycles. The number of halogens is 2. The van der Waals surface area contributed by atoms with Crippen LogP contribution in [-0.4, -0.2) is 16.6 Å². The minimum absolute atomic E-state index is 0.00270. The van der Waals surface area contributed by atoms with E-state index in [1.54, 1.807) is 18.2 Å². The Labute approximate surface area is 121 Å². The van der Waals surface area contributed by atoms with E-state index in [1.807, 2.05) is 14.0 Å². The van der Waals surface area contributed by atoms with E-state index in [1.165, 1.54) is 11.5 Å².